The molecule has 2 saturated heterocycles. The van der Waals surface area contributed by atoms with E-state index in [-0.39, 0.29) is 19.6 Å². The Bertz CT molecular complexity index is 761. The zero-order chi connectivity index (χ0) is 18.2. The van der Waals surface area contributed by atoms with Gasteiger partial charge in [-0.1, -0.05) is 6.07 Å². The number of rotatable bonds is 3. The summed E-state index contributed by atoms with van der Waals surface area (Å²) in [5, 5.41) is -1.25. The number of aromatic nitrogens is 1. The van der Waals surface area contributed by atoms with Crippen LogP contribution in [0.2, 0.25) is 0 Å². The van der Waals surface area contributed by atoms with Crippen molar-refractivity contribution in [3.63, 3.8) is 0 Å². The molecule has 0 saturated carbocycles. The normalized spacial score (nSPS) is 23.3. The number of imide groups is 1. The molecular weight excluding hydrogens is 346 g/mol. The highest BCUT2D eigenvalue weighted by atomic mass is 32.2. The topological polar surface area (TPSA) is 94.1 Å². The molecule has 3 amide bonds. The standard InChI is InChI=1S/C15H21N5O4S/c1-17-11-12(14(21)18(2)15(17)22)25(23,24)20-9-7-19(8-10-20)13-5-3-4-6-16-13/h3-6,12H,7-11H2,1-2H3. The van der Waals surface area contributed by atoms with Gasteiger partial charge in [0, 0.05) is 53.0 Å². The molecule has 2 aliphatic heterocycles. The minimum absolute atomic E-state index is 0.120. The van der Waals surface area contributed by atoms with Gasteiger partial charge >= 0.3 is 6.03 Å². The molecule has 10 heteroatoms. The molecule has 0 bridgehead atoms. The molecule has 1 unspecified atom stereocenters. The maximum Gasteiger partial charge on any atom is 0.326 e. The van der Waals surface area contributed by atoms with Gasteiger partial charge in [-0.3, -0.25) is 9.69 Å². The molecule has 3 heterocycles. The molecule has 0 aliphatic carbocycles. The number of hydrogen-bond acceptors (Lipinski definition) is 6. The summed E-state index contributed by atoms with van der Waals surface area (Å²) in [5.74, 6) is 0.133. The van der Waals surface area contributed by atoms with Gasteiger partial charge in [-0.05, 0) is 12.1 Å². The molecule has 0 radical (unpaired) electrons. The summed E-state index contributed by atoms with van der Waals surface area (Å²) in [4.78, 5) is 32.5. The van der Waals surface area contributed by atoms with Gasteiger partial charge in [0.15, 0.2) is 5.25 Å². The lowest BCUT2D eigenvalue weighted by Crippen LogP contribution is -2.62. The van der Waals surface area contributed by atoms with Crippen molar-refractivity contribution in [3.05, 3.63) is 24.4 Å². The van der Waals surface area contributed by atoms with E-state index in [9.17, 15) is 18.0 Å². The first-order chi connectivity index (χ1) is 11.8. The van der Waals surface area contributed by atoms with E-state index in [4.69, 9.17) is 0 Å². The number of nitrogens with zero attached hydrogens (tertiary/aromatic N) is 5. The second-order valence-corrected chi connectivity index (χ2v) is 8.28. The van der Waals surface area contributed by atoms with Crippen LogP contribution in [0.1, 0.15) is 0 Å². The quantitative estimate of drug-likeness (QED) is 0.710. The van der Waals surface area contributed by atoms with Gasteiger partial charge in [0.1, 0.15) is 5.82 Å². The molecule has 1 aromatic heterocycles. The van der Waals surface area contributed by atoms with Crippen molar-refractivity contribution in [2.75, 3.05) is 51.7 Å². The summed E-state index contributed by atoms with van der Waals surface area (Å²) in [6.07, 6.45) is 1.70. The van der Waals surface area contributed by atoms with Crippen LogP contribution in [0.3, 0.4) is 0 Å². The number of pyridine rings is 1. The molecule has 2 fully saturated rings. The number of carbonyl (C=O) groups is 2. The van der Waals surface area contributed by atoms with E-state index < -0.39 is 27.2 Å². The summed E-state index contributed by atoms with van der Waals surface area (Å²) in [6, 6.07) is 5.10. The molecule has 3 rings (SSSR count). The summed E-state index contributed by atoms with van der Waals surface area (Å²) >= 11 is 0. The zero-order valence-corrected chi connectivity index (χ0v) is 15.0. The SMILES string of the molecule is CN1CC(S(=O)(=O)N2CCN(c3ccccn3)CC2)C(=O)N(C)C1=O. The Labute approximate surface area is 146 Å². The van der Waals surface area contributed by atoms with Crippen molar-refractivity contribution in [1.29, 1.82) is 0 Å². The molecule has 1 aromatic rings. The highest BCUT2D eigenvalue weighted by Crippen LogP contribution is 2.21. The molecule has 0 N–H and O–H groups in total. The summed E-state index contributed by atoms with van der Waals surface area (Å²) in [5.41, 5.74) is 0. The number of urea groups is 1. The van der Waals surface area contributed by atoms with Crippen molar-refractivity contribution >= 4 is 27.8 Å². The Morgan fingerprint density at radius 2 is 1.76 bits per heavy atom. The second kappa shape index (κ2) is 6.60. The fourth-order valence-corrected chi connectivity index (χ4v) is 4.94. The summed E-state index contributed by atoms with van der Waals surface area (Å²) in [6.45, 7) is 1.45. The predicted octanol–water partition coefficient (Wildman–Crippen LogP) is -0.574. The molecule has 25 heavy (non-hydrogen) atoms. The van der Waals surface area contributed by atoms with E-state index in [0.29, 0.717) is 13.1 Å². The Morgan fingerprint density at radius 1 is 1.08 bits per heavy atom. The minimum Gasteiger partial charge on any atom is -0.354 e. The average Bonchev–Trinajstić information content (AvgIpc) is 2.63. The molecule has 2 aliphatic rings. The van der Waals surface area contributed by atoms with Gasteiger partial charge in [-0.15, -0.1) is 0 Å². The number of carbonyl (C=O) groups excluding carboxylic acids is 2. The Hall–Kier alpha value is -2.20. The van der Waals surface area contributed by atoms with Crippen LogP contribution in [-0.4, -0.2) is 91.5 Å². The van der Waals surface area contributed by atoms with E-state index in [1.807, 2.05) is 23.1 Å². The van der Waals surface area contributed by atoms with Gasteiger partial charge in [0.2, 0.25) is 10.0 Å². The van der Waals surface area contributed by atoms with E-state index in [0.717, 1.165) is 10.7 Å². The lowest BCUT2D eigenvalue weighted by Gasteiger charge is -2.39. The van der Waals surface area contributed by atoms with Gasteiger partial charge in [-0.2, -0.15) is 4.31 Å². The number of amides is 3. The second-order valence-electron chi connectivity index (χ2n) is 6.17. The van der Waals surface area contributed by atoms with Crippen LogP contribution in [0, 0.1) is 0 Å². The smallest absolute Gasteiger partial charge is 0.326 e. The number of piperazine rings is 1. The third-order valence-corrected chi connectivity index (χ3v) is 6.75. The fraction of sp³-hybridized carbons (Fsp3) is 0.533. The first-order valence-corrected chi connectivity index (χ1v) is 9.50. The Balaban J connectivity index is 1.72. The van der Waals surface area contributed by atoms with Crippen molar-refractivity contribution < 1.29 is 18.0 Å². The minimum atomic E-state index is -3.83. The van der Waals surface area contributed by atoms with Gasteiger partial charge in [-0.25, -0.2) is 18.2 Å². The highest BCUT2D eigenvalue weighted by Gasteiger charge is 2.46. The van der Waals surface area contributed by atoms with Crippen LogP contribution < -0.4 is 4.90 Å². The van der Waals surface area contributed by atoms with Crippen molar-refractivity contribution in [2.45, 2.75) is 5.25 Å². The molecule has 136 valence electrons. The molecule has 0 spiro atoms. The van der Waals surface area contributed by atoms with Crippen LogP contribution >= 0.6 is 0 Å². The average molecular weight is 367 g/mol. The molecule has 9 nitrogen and oxygen atoms in total. The Kier molecular flexibility index (Phi) is 4.65. The van der Waals surface area contributed by atoms with Crippen LogP contribution in [0.4, 0.5) is 10.6 Å². The van der Waals surface area contributed by atoms with E-state index in [1.54, 1.807) is 6.20 Å². The largest absolute Gasteiger partial charge is 0.354 e. The molecule has 0 aromatic carbocycles. The summed E-state index contributed by atoms with van der Waals surface area (Å²) < 4.78 is 27.1. The predicted molar refractivity (Wildman–Crippen MR) is 91.5 cm³/mol. The Morgan fingerprint density at radius 3 is 2.36 bits per heavy atom. The maximum atomic E-state index is 12.9. The van der Waals surface area contributed by atoms with E-state index >= 15 is 0 Å². The first-order valence-electron chi connectivity index (χ1n) is 8.00. The molecule has 1 atom stereocenters. The molecular formula is C15H21N5O4S. The number of anilines is 1. The zero-order valence-electron chi connectivity index (χ0n) is 14.2. The number of hydrogen-bond donors (Lipinski definition) is 0. The van der Waals surface area contributed by atoms with E-state index in [1.165, 1.54) is 23.3 Å². The third-order valence-electron chi connectivity index (χ3n) is 4.59. The van der Waals surface area contributed by atoms with Gasteiger partial charge in [0.05, 0.1) is 0 Å². The van der Waals surface area contributed by atoms with Gasteiger partial charge < -0.3 is 9.80 Å². The van der Waals surface area contributed by atoms with Crippen LogP contribution in [0.5, 0.6) is 0 Å². The summed E-state index contributed by atoms with van der Waals surface area (Å²) in [7, 11) is -1.03. The monoisotopic (exact) mass is 367 g/mol. The number of sulfonamides is 1. The van der Waals surface area contributed by atoms with Crippen LogP contribution in [0.25, 0.3) is 0 Å². The van der Waals surface area contributed by atoms with Gasteiger partial charge in [0.25, 0.3) is 5.91 Å². The van der Waals surface area contributed by atoms with Crippen LogP contribution in [-0.2, 0) is 14.8 Å². The third kappa shape index (κ3) is 3.19. The lowest BCUT2D eigenvalue weighted by atomic mass is 10.3. The fourth-order valence-electron chi connectivity index (χ4n) is 3.09. The van der Waals surface area contributed by atoms with Crippen LogP contribution in [0.15, 0.2) is 24.4 Å². The van der Waals surface area contributed by atoms with Crippen molar-refractivity contribution in [3.8, 4) is 0 Å². The maximum absolute atomic E-state index is 12.9. The lowest BCUT2D eigenvalue weighted by molar-refractivity contribution is -0.129. The highest BCUT2D eigenvalue weighted by molar-refractivity contribution is 7.90. The van der Waals surface area contributed by atoms with Crippen molar-refractivity contribution in [1.82, 2.24) is 19.1 Å². The van der Waals surface area contributed by atoms with Crippen molar-refractivity contribution in [2.24, 2.45) is 0 Å². The first kappa shape index (κ1) is 17.6. The van der Waals surface area contributed by atoms with E-state index in [2.05, 4.69) is 4.98 Å².